The molecule has 0 N–H and O–H groups in total. The van der Waals surface area contributed by atoms with Gasteiger partial charge in [-0.05, 0) is 36.5 Å². The number of carbonyl (C=O) groups excluding carboxylic acids is 1. The van der Waals surface area contributed by atoms with E-state index in [-0.39, 0.29) is 43.2 Å². The normalized spacial score (nSPS) is 21.4. The molecule has 0 spiro atoms. The molecular weight excluding hydrogens is 398 g/mol. The number of amides is 1. The molecule has 1 aliphatic heterocycles. The van der Waals surface area contributed by atoms with Crippen molar-refractivity contribution in [2.75, 3.05) is 26.2 Å². The molecule has 2 aliphatic rings. The van der Waals surface area contributed by atoms with E-state index in [1.165, 1.54) is 0 Å². The summed E-state index contributed by atoms with van der Waals surface area (Å²) in [6.45, 7) is 1.59. The Morgan fingerprint density at radius 1 is 1.07 bits per heavy atom. The van der Waals surface area contributed by atoms with Gasteiger partial charge in [0.15, 0.2) is 0 Å². The fraction of sp³-hybridized carbons (Fsp3) is 0.650. The molecule has 1 heterocycles. The summed E-state index contributed by atoms with van der Waals surface area (Å²) in [7, 11) is 0. The Hall–Kier alpha value is -1.77. The first kappa shape index (κ1) is 21.9. The summed E-state index contributed by atoms with van der Waals surface area (Å²) in [5.41, 5.74) is -0.980. The fourth-order valence-corrected chi connectivity index (χ4v) is 4.03. The summed E-state index contributed by atoms with van der Waals surface area (Å²) in [5, 5.41) is 0. The van der Waals surface area contributed by atoms with Crippen LogP contribution in [0, 0.1) is 11.7 Å². The fourth-order valence-electron chi connectivity index (χ4n) is 4.03. The molecule has 1 aliphatic carbocycles. The minimum absolute atomic E-state index is 0.00168. The van der Waals surface area contributed by atoms with Crippen LogP contribution >= 0.6 is 0 Å². The molecule has 1 amide bonds. The summed E-state index contributed by atoms with van der Waals surface area (Å²) in [6, 6.07) is 2.66. The predicted octanol–water partition coefficient (Wildman–Crippen LogP) is 4.70. The average molecular weight is 422 g/mol. The number of alkyl halides is 5. The summed E-state index contributed by atoms with van der Waals surface area (Å²) in [5.74, 6) is -3.68. The first-order valence-electron chi connectivity index (χ1n) is 9.77. The van der Waals surface area contributed by atoms with E-state index in [1.807, 2.05) is 0 Å². The molecule has 1 saturated carbocycles. The van der Waals surface area contributed by atoms with E-state index in [0.717, 1.165) is 12.1 Å². The van der Waals surface area contributed by atoms with Gasteiger partial charge in [-0.25, -0.2) is 13.2 Å². The standard InChI is InChI=1S/C20H24F6N2O/c21-16-2-1-15(17(12-16)20(24,25)26)13-27-7-9-28(10-8-27)18(29)11-14-3-5-19(22,23)6-4-14/h1-2,12,14H,3-11,13H2. The van der Waals surface area contributed by atoms with Crippen LogP contribution in [0.3, 0.4) is 0 Å². The third kappa shape index (κ3) is 5.87. The van der Waals surface area contributed by atoms with Gasteiger partial charge in [0.05, 0.1) is 5.56 Å². The predicted molar refractivity (Wildman–Crippen MR) is 94.8 cm³/mol. The summed E-state index contributed by atoms with van der Waals surface area (Å²) in [4.78, 5) is 15.9. The van der Waals surface area contributed by atoms with Gasteiger partial charge >= 0.3 is 6.18 Å². The quantitative estimate of drug-likeness (QED) is 0.657. The molecule has 1 saturated heterocycles. The van der Waals surface area contributed by atoms with Gasteiger partial charge in [-0.3, -0.25) is 9.69 Å². The van der Waals surface area contributed by atoms with Gasteiger partial charge in [0.25, 0.3) is 0 Å². The van der Waals surface area contributed by atoms with Crippen LogP contribution in [0.15, 0.2) is 18.2 Å². The van der Waals surface area contributed by atoms with Gasteiger partial charge in [0.1, 0.15) is 5.82 Å². The molecule has 0 aromatic heterocycles. The van der Waals surface area contributed by atoms with Crippen LogP contribution in [0.2, 0.25) is 0 Å². The smallest absolute Gasteiger partial charge is 0.340 e. The molecule has 2 fully saturated rings. The third-order valence-electron chi connectivity index (χ3n) is 5.80. The van der Waals surface area contributed by atoms with Crippen molar-refractivity contribution in [3.63, 3.8) is 0 Å². The van der Waals surface area contributed by atoms with Crippen molar-refractivity contribution in [1.82, 2.24) is 9.80 Å². The van der Waals surface area contributed by atoms with E-state index < -0.39 is 23.5 Å². The van der Waals surface area contributed by atoms with E-state index in [0.29, 0.717) is 45.1 Å². The lowest BCUT2D eigenvalue weighted by Gasteiger charge is -2.36. The van der Waals surface area contributed by atoms with Crippen LogP contribution in [0.5, 0.6) is 0 Å². The lowest BCUT2D eigenvalue weighted by Crippen LogP contribution is -2.48. The van der Waals surface area contributed by atoms with E-state index in [1.54, 1.807) is 9.80 Å². The number of nitrogens with zero attached hydrogens (tertiary/aromatic N) is 2. The zero-order valence-corrected chi connectivity index (χ0v) is 16.0. The number of benzene rings is 1. The van der Waals surface area contributed by atoms with Crippen LogP contribution in [0.1, 0.15) is 43.2 Å². The first-order chi connectivity index (χ1) is 13.5. The molecule has 9 heteroatoms. The zero-order valence-electron chi connectivity index (χ0n) is 16.0. The second-order valence-electron chi connectivity index (χ2n) is 7.96. The van der Waals surface area contributed by atoms with Gasteiger partial charge in [-0.15, -0.1) is 0 Å². The molecule has 0 atom stereocenters. The van der Waals surface area contributed by atoms with Crippen molar-refractivity contribution in [3.8, 4) is 0 Å². The van der Waals surface area contributed by atoms with E-state index in [9.17, 15) is 31.1 Å². The average Bonchev–Trinajstić information content (AvgIpc) is 2.64. The number of hydrogen-bond donors (Lipinski definition) is 0. The van der Waals surface area contributed by atoms with Gasteiger partial charge in [0.2, 0.25) is 11.8 Å². The SMILES string of the molecule is O=C(CC1CCC(F)(F)CC1)N1CCN(Cc2ccc(F)cc2C(F)(F)F)CC1. The third-order valence-corrected chi connectivity index (χ3v) is 5.80. The zero-order chi connectivity index (χ0) is 21.2. The van der Waals surface area contributed by atoms with Gasteiger partial charge in [0, 0.05) is 52.0 Å². The molecule has 3 nitrogen and oxygen atoms in total. The highest BCUT2D eigenvalue weighted by molar-refractivity contribution is 5.76. The van der Waals surface area contributed by atoms with Crippen LogP contribution in [0.25, 0.3) is 0 Å². The van der Waals surface area contributed by atoms with Crippen LogP contribution in [-0.4, -0.2) is 47.8 Å². The van der Waals surface area contributed by atoms with Crippen LogP contribution < -0.4 is 0 Å². The van der Waals surface area contributed by atoms with E-state index in [2.05, 4.69) is 0 Å². The maximum Gasteiger partial charge on any atom is 0.416 e. The van der Waals surface area contributed by atoms with Gasteiger partial charge in [-0.1, -0.05) is 6.07 Å². The van der Waals surface area contributed by atoms with E-state index in [4.69, 9.17) is 0 Å². The van der Waals surface area contributed by atoms with Crippen molar-refractivity contribution >= 4 is 5.91 Å². The van der Waals surface area contributed by atoms with Crippen molar-refractivity contribution in [2.45, 2.75) is 50.7 Å². The van der Waals surface area contributed by atoms with Crippen molar-refractivity contribution < 1.29 is 31.1 Å². The Labute approximate surface area is 165 Å². The first-order valence-corrected chi connectivity index (χ1v) is 9.77. The lowest BCUT2D eigenvalue weighted by atomic mass is 9.84. The summed E-state index contributed by atoms with van der Waals surface area (Å²) in [6.07, 6.45) is -4.08. The molecule has 3 rings (SSSR count). The minimum atomic E-state index is -4.63. The maximum absolute atomic E-state index is 13.2. The summed E-state index contributed by atoms with van der Waals surface area (Å²) < 4.78 is 79.1. The number of halogens is 6. The van der Waals surface area contributed by atoms with Crippen molar-refractivity contribution in [1.29, 1.82) is 0 Å². The number of hydrogen-bond acceptors (Lipinski definition) is 2. The maximum atomic E-state index is 13.2. The highest BCUT2D eigenvalue weighted by Gasteiger charge is 2.37. The Morgan fingerprint density at radius 2 is 1.69 bits per heavy atom. The highest BCUT2D eigenvalue weighted by Crippen LogP contribution is 2.37. The Kier molecular flexibility index (Phi) is 6.45. The topological polar surface area (TPSA) is 23.6 Å². The number of carbonyl (C=O) groups is 1. The van der Waals surface area contributed by atoms with Crippen LogP contribution in [0.4, 0.5) is 26.3 Å². The molecule has 162 valence electrons. The number of rotatable bonds is 4. The molecule has 0 radical (unpaired) electrons. The monoisotopic (exact) mass is 422 g/mol. The van der Waals surface area contributed by atoms with Gasteiger partial charge in [-0.2, -0.15) is 13.2 Å². The second kappa shape index (κ2) is 8.53. The molecular formula is C20H24F6N2O. The molecule has 1 aromatic carbocycles. The highest BCUT2D eigenvalue weighted by atomic mass is 19.4. The van der Waals surface area contributed by atoms with Crippen LogP contribution in [-0.2, 0) is 17.5 Å². The summed E-state index contributed by atoms with van der Waals surface area (Å²) >= 11 is 0. The van der Waals surface area contributed by atoms with Crippen molar-refractivity contribution in [2.24, 2.45) is 5.92 Å². The largest absolute Gasteiger partial charge is 0.416 e. The lowest BCUT2D eigenvalue weighted by molar-refractivity contribution is -0.138. The molecule has 29 heavy (non-hydrogen) atoms. The van der Waals surface area contributed by atoms with Gasteiger partial charge < -0.3 is 4.90 Å². The minimum Gasteiger partial charge on any atom is -0.340 e. The molecule has 1 aromatic rings. The second-order valence-corrected chi connectivity index (χ2v) is 7.96. The molecule has 0 bridgehead atoms. The Balaban J connectivity index is 1.50. The Bertz CT molecular complexity index is 718. The molecule has 0 unspecified atom stereocenters. The van der Waals surface area contributed by atoms with E-state index >= 15 is 0 Å². The Morgan fingerprint density at radius 3 is 2.28 bits per heavy atom. The number of piperazine rings is 1. The van der Waals surface area contributed by atoms with Crippen molar-refractivity contribution in [3.05, 3.63) is 35.1 Å².